The van der Waals surface area contributed by atoms with Crippen molar-refractivity contribution >= 4 is 12.1 Å². The largest absolute Gasteiger partial charge is 0.450 e. The van der Waals surface area contributed by atoms with Crippen LogP contribution >= 0.6 is 0 Å². The van der Waals surface area contributed by atoms with E-state index in [0.717, 1.165) is 12.1 Å². The molecular weight excluding hydrogens is 368 g/mol. The van der Waals surface area contributed by atoms with Crippen molar-refractivity contribution in [1.82, 2.24) is 15.1 Å². The van der Waals surface area contributed by atoms with Crippen LogP contribution in [0.5, 0.6) is 0 Å². The maximum Gasteiger partial charge on any atom is 0.416 e. The van der Waals surface area contributed by atoms with Gasteiger partial charge in [-0.25, -0.2) is 9.18 Å². The van der Waals surface area contributed by atoms with Gasteiger partial charge in [0.25, 0.3) is 0 Å². The number of hydrogen-bond donors (Lipinski definition) is 1. The Labute approximate surface area is 154 Å². The van der Waals surface area contributed by atoms with E-state index in [1.807, 2.05) is 4.90 Å². The number of nitrogens with zero attached hydrogens (tertiary/aromatic N) is 3. The number of carbonyl (C=O) groups excluding carboxylic acids is 1. The number of halogens is 4. The summed E-state index contributed by atoms with van der Waals surface area (Å²) < 4.78 is 57.4. The first-order chi connectivity index (χ1) is 12.8. The predicted octanol–water partition coefficient (Wildman–Crippen LogP) is 2.69. The van der Waals surface area contributed by atoms with E-state index in [4.69, 9.17) is 4.74 Å². The molecule has 27 heavy (non-hydrogen) atoms. The third-order valence-corrected chi connectivity index (χ3v) is 4.13. The van der Waals surface area contributed by atoms with Crippen molar-refractivity contribution in [1.29, 1.82) is 0 Å². The lowest BCUT2D eigenvalue weighted by Gasteiger charge is -2.36. The lowest BCUT2D eigenvalue weighted by Crippen LogP contribution is -2.53. The van der Waals surface area contributed by atoms with Gasteiger partial charge in [0, 0.05) is 39.8 Å². The Morgan fingerprint density at radius 2 is 1.85 bits per heavy atom. The van der Waals surface area contributed by atoms with E-state index in [1.165, 1.54) is 7.05 Å². The van der Waals surface area contributed by atoms with Gasteiger partial charge in [0.1, 0.15) is 5.82 Å². The van der Waals surface area contributed by atoms with Gasteiger partial charge in [0.2, 0.25) is 0 Å². The van der Waals surface area contributed by atoms with Gasteiger partial charge in [-0.1, -0.05) is 6.07 Å². The number of nitrogens with one attached hydrogen (secondary N) is 1. The maximum absolute atomic E-state index is 13.2. The number of amides is 1. The molecule has 1 saturated heterocycles. The number of alkyl halides is 3. The van der Waals surface area contributed by atoms with Crippen molar-refractivity contribution in [2.24, 2.45) is 4.99 Å². The standard InChI is InChI=1S/C17H22F4N4O2/c1-3-27-16(26)25-8-6-24(7-9-25)15(22-2)23-11-12-4-5-13(18)10-14(12)17(19,20)21/h4-5,10H,3,6-9,11H2,1-2H3,(H,22,23). The number of carbonyl (C=O) groups is 1. The maximum atomic E-state index is 13.2. The molecule has 0 saturated carbocycles. The van der Waals surface area contributed by atoms with E-state index in [1.54, 1.807) is 11.8 Å². The number of hydrogen-bond acceptors (Lipinski definition) is 3. The van der Waals surface area contributed by atoms with E-state index in [9.17, 15) is 22.4 Å². The lowest BCUT2D eigenvalue weighted by molar-refractivity contribution is -0.138. The molecule has 10 heteroatoms. The molecule has 1 N–H and O–H groups in total. The zero-order chi connectivity index (χ0) is 20.0. The Bertz CT molecular complexity index is 686. The van der Waals surface area contributed by atoms with E-state index < -0.39 is 17.6 Å². The molecular formula is C17H22F4N4O2. The summed E-state index contributed by atoms with van der Waals surface area (Å²) in [6.07, 6.45) is -5.03. The molecule has 0 bridgehead atoms. The van der Waals surface area contributed by atoms with Crippen LogP contribution in [0.25, 0.3) is 0 Å². The molecule has 0 spiro atoms. The van der Waals surface area contributed by atoms with Gasteiger partial charge in [0.15, 0.2) is 5.96 Å². The highest BCUT2D eigenvalue weighted by atomic mass is 19.4. The highest BCUT2D eigenvalue weighted by Gasteiger charge is 2.34. The number of ether oxygens (including phenoxy) is 1. The summed E-state index contributed by atoms with van der Waals surface area (Å²) in [5.74, 6) is -0.526. The molecule has 0 atom stereocenters. The summed E-state index contributed by atoms with van der Waals surface area (Å²) in [5.41, 5.74) is -1.09. The molecule has 150 valence electrons. The molecule has 0 aliphatic carbocycles. The SMILES string of the molecule is CCOC(=O)N1CCN(C(=NC)NCc2ccc(F)cc2C(F)(F)F)CC1. The number of aliphatic imine (C=N–C) groups is 1. The van der Waals surface area contributed by atoms with Gasteiger partial charge in [-0.15, -0.1) is 0 Å². The van der Waals surface area contributed by atoms with Crippen LogP contribution in [0, 0.1) is 5.82 Å². The molecule has 0 aromatic heterocycles. The number of benzene rings is 1. The summed E-state index contributed by atoms with van der Waals surface area (Å²) in [4.78, 5) is 19.2. The van der Waals surface area contributed by atoms with Crippen molar-refractivity contribution in [3.8, 4) is 0 Å². The number of piperazine rings is 1. The molecule has 2 rings (SSSR count). The monoisotopic (exact) mass is 390 g/mol. The average molecular weight is 390 g/mol. The smallest absolute Gasteiger partial charge is 0.416 e. The van der Waals surface area contributed by atoms with Crippen molar-refractivity contribution in [2.75, 3.05) is 39.8 Å². The van der Waals surface area contributed by atoms with Crippen molar-refractivity contribution in [3.05, 3.63) is 35.1 Å². The molecule has 0 radical (unpaired) electrons. The quantitative estimate of drug-likeness (QED) is 0.490. The topological polar surface area (TPSA) is 57.2 Å². The van der Waals surface area contributed by atoms with E-state index in [0.29, 0.717) is 44.8 Å². The van der Waals surface area contributed by atoms with Crippen LogP contribution in [0.1, 0.15) is 18.1 Å². The highest BCUT2D eigenvalue weighted by Crippen LogP contribution is 2.32. The van der Waals surface area contributed by atoms with E-state index in [-0.39, 0.29) is 18.2 Å². The number of rotatable bonds is 3. The molecule has 0 unspecified atom stereocenters. The minimum Gasteiger partial charge on any atom is -0.450 e. The minimum atomic E-state index is -4.64. The first-order valence-electron chi connectivity index (χ1n) is 8.49. The Morgan fingerprint density at radius 1 is 1.22 bits per heavy atom. The fourth-order valence-corrected chi connectivity index (χ4v) is 2.79. The van der Waals surface area contributed by atoms with Crippen LogP contribution in [-0.4, -0.2) is 61.7 Å². The summed E-state index contributed by atoms with van der Waals surface area (Å²) in [5, 5.41) is 2.88. The van der Waals surface area contributed by atoms with E-state index >= 15 is 0 Å². The summed E-state index contributed by atoms with van der Waals surface area (Å²) in [6.45, 7) is 3.64. The van der Waals surface area contributed by atoms with E-state index in [2.05, 4.69) is 10.3 Å². The average Bonchev–Trinajstić information content (AvgIpc) is 2.63. The molecule has 6 nitrogen and oxygen atoms in total. The van der Waals surface area contributed by atoms with Crippen molar-refractivity contribution < 1.29 is 27.1 Å². The normalized spacial score (nSPS) is 15.7. The van der Waals surface area contributed by atoms with Crippen LogP contribution in [-0.2, 0) is 17.5 Å². The second kappa shape index (κ2) is 8.92. The third kappa shape index (κ3) is 5.48. The van der Waals surface area contributed by atoms with Crippen LogP contribution in [0.4, 0.5) is 22.4 Å². The number of guanidine groups is 1. The second-order valence-corrected chi connectivity index (χ2v) is 5.87. The van der Waals surface area contributed by atoms with Gasteiger partial charge in [-0.2, -0.15) is 13.2 Å². The lowest BCUT2D eigenvalue weighted by atomic mass is 10.1. The third-order valence-electron chi connectivity index (χ3n) is 4.13. The van der Waals surface area contributed by atoms with Crippen molar-refractivity contribution in [2.45, 2.75) is 19.6 Å². The Morgan fingerprint density at radius 3 is 2.41 bits per heavy atom. The fourth-order valence-electron chi connectivity index (χ4n) is 2.79. The second-order valence-electron chi connectivity index (χ2n) is 5.87. The molecule has 1 amide bonds. The fraction of sp³-hybridized carbons (Fsp3) is 0.529. The zero-order valence-corrected chi connectivity index (χ0v) is 15.1. The minimum absolute atomic E-state index is 0.0739. The summed E-state index contributed by atoms with van der Waals surface area (Å²) in [7, 11) is 1.52. The van der Waals surface area contributed by atoms with Crippen LogP contribution < -0.4 is 5.32 Å². The molecule has 1 aromatic rings. The Hall–Kier alpha value is -2.52. The van der Waals surface area contributed by atoms with Crippen LogP contribution in [0.2, 0.25) is 0 Å². The van der Waals surface area contributed by atoms with Crippen LogP contribution in [0.15, 0.2) is 23.2 Å². The van der Waals surface area contributed by atoms with Gasteiger partial charge >= 0.3 is 12.3 Å². The molecule has 1 aliphatic rings. The van der Waals surface area contributed by atoms with Gasteiger partial charge in [-0.05, 0) is 24.6 Å². The van der Waals surface area contributed by atoms with Gasteiger partial charge in [0.05, 0.1) is 12.2 Å². The summed E-state index contributed by atoms with van der Waals surface area (Å²) >= 11 is 0. The Kier molecular flexibility index (Phi) is 6.86. The Balaban J connectivity index is 1.99. The van der Waals surface area contributed by atoms with Crippen LogP contribution in [0.3, 0.4) is 0 Å². The van der Waals surface area contributed by atoms with Gasteiger partial charge in [-0.3, -0.25) is 4.99 Å². The molecule has 1 fully saturated rings. The zero-order valence-electron chi connectivity index (χ0n) is 15.1. The van der Waals surface area contributed by atoms with Gasteiger partial charge < -0.3 is 19.9 Å². The van der Waals surface area contributed by atoms with Crippen molar-refractivity contribution in [3.63, 3.8) is 0 Å². The molecule has 1 heterocycles. The molecule has 1 aromatic carbocycles. The predicted molar refractivity (Wildman–Crippen MR) is 91.8 cm³/mol. The first kappa shape index (κ1) is 20.8. The highest BCUT2D eigenvalue weighted by molar-refractivity contribution is 5.80. The first-order valence-corrected chi connectivity index (χ1v) is 8.49. The molecule has 1 aliphatic heterocycles. The summed E-state index contributed by atoms with van der Waals surface area (Å²) in [6, 6.07) is 2.59.